The van der Waals surface area contributed by atoms with E-state index in [1.165, 1.54) is 60.7 Å². The Morgan fingerprint density at radius 1 is 0.829 bits per heavy atom. The number of amides is 1. The summed E-state index contributed by atoms with van der Waals surface area (Å²) in [6, 6.07) is 20.6. The maximum atomic E-state index is 15.3. The molecule has 0 N–H and O–H groups in total. The van der Waals surface area contributed by atoms with Crippen molar-refractivity contribution in [2.24, 2.45) is 4.99 Å². The molecule has 10 heteroatoms. The van der Waals surface area contributed by atoms with Gasteiger partial charge in [-0.2, -0.15) is 8.96 Å². The Kier molecular flexibility index (Phi) is 6.39. The summed E-state index contributed by atoms with van der Waals surface area (Å²) in [6.45, 7) is 1.74. The highest BCUT2D eigenvalue weighted by Crippen LogP contribution is 2.13. The first kappa shape index (κ1) is 23.7. The van der Waals surface area contributed by atoms with Crippen molar-refractivity contribution in [3.63, 3.8) is 0 Å². The summed E-state index contributed by atoms with van der Waals surface area (Å²) in [7, 11) is -4.58. The van der Waals surface area contributed by atoms with Crippen LogP contribution >= 0.6 is 0 Å². The van der Waals surface area contributed by atoms with E-state index >= 15 is 4.39 Å². The molecule has 4 aromatic rings. The topological polar surface area (TPSA) is 108 Å². The maximum Gasteiger partial charge on any atom is 0.351 e. The average molecular weight is 492 g/mol. The minimum Gasteiger partial charge on any atom is -0.268 e. The van der Waals surface area contributed by atoms with Crippen LogP contribution in [-0.2, 0) is 10.0 Å². The second-order valence-corrected chi connectivity index (χ2v) is 9.30. The molecule has 8 nitrogen and oxygen atoms in total. The van der Waals surface area contributed by atoms with Crippen molar-refractivity contribution in [1.82, 2.24) is 8.54 Å². The first-order valence-corrected chi connectivity index (χ1v) is 11.7. The van der Waals surface area contributed by atoms with E-state index in [9.17, 15) is 22.8 Å². The lowest BCUT2D eigenvalue weighted by atomic mass is 10.2. The van der Waals surface area contributed by atoms with Crippen molar-refractivity contribution in [3.8, 4) is 0 Å². The first-order valence-electron chi connectivity index (χ1n) is 10.3. The number of rotatable bonds is 4. The standard InChI is InChI=1S/C25H18FN3O5S/c1-17-12-14-20(15-13-17)35(33,34)28-16-21(26)22(27-23(30)18-8-4-2-5-9-18)29(25(28)32)24(31)19-10-6-3-7-11-19/h2-16H,1H3/b27-22-. The second-order valence-electron chi connectivity index (χ2n) is 7.49. The number of halogens is 1. The molecule has 4 rings (SSSR count). The predicted molar refractivity (Wildman–Crippen MR) is 125 cm³/mol. The summed E-state index contributed by atoms with van der Waals surface area (Å²) in [5.74, 6) is -3.32. The van der Waals surface area contributed by atoms with Crippen molar-refractivity contribution in [1.29, 1.82) is 0 Å². The van der Waals surface area contributed by atoms with Crippen LogP contribution in [0.25, 0.3) is 0 Å². The van der Waals surface area contributed by atoms with Gasteiger partial charge < -0.3 is 0 Å². The largest absolute Gasteiger partial charge is 0.351 e. The molecule has 0 fully saturated rings. The molecule has 0 aliphatic carbocycles. The fraction of sp³-hybridized carbons (Fsp3) is 0.0400. The van der Waals surface area contributed by atoms with Crippen molar-refractivity contribution in [2.45, 2.75) is 11.8 Å². The quantitative estimate of drug-likeness (QED) is 0.436. The van der Waals surface area contributed by atoms with Crippen LogP contribution in [0.3, 0.4) is 0 Å². The fourth-order valence-electron chi connectivity index (χ4n) is 3.25. The van der Waals surface area contributed by atoms with Crippen LogP contribution in [0.4, 0.5) is 4.39 Å². The summed E-state index contributed by atoms with van der Waals surface area (Å²) in [5.41, 5.74) is -1.50. The number of nitrogens with zero attached hydrogens (tertiary/aromatic N) is 3. The number of carbonyl (C=O) groups excluding carboxylic acids is 2. The van der Waals surface area contributed by atoms with Crippen LogP contribution in [0.5, 0.6) is 0 Å². The van der Waals surface area contributed by atoms with Gasteiger partial charge in [-0.3, -0.25) is 9.59 Å². The van der Waals surface area contributed by atoms with Gasteiger partial charge in [-0.05, 0) is 43.3 Å². The summed E-state index contributed by atoms with van der Waals surface area (Å²) < 4.78 is 42.0. The number of aryl methyl sites for hydroxylation is 1. The molecule has 0 atom stereocenters. The van der Waals surface area contributed by atoms with Gasteiger partial charge in [0.15, 0.2) is 11.3 Å². The molecule has 0 radical (unpaired) electrons. The zero-order valence-corrected chi connectivity index (χ0v) is 19.1. The smallest absolute Gasteiger partial charge is 0.268 e. The van der Waals surface area contributed by atoms with E-state index in [0.29, 0.717) is 6.20 Å². The number of hydrogen-bond acceptors (Lipinski definition) is 5. The van der Waals surface area contributed by atoms with Crippen LogP contribution in [-0.4, -0.2) is 28.8 Å². The Bertz CT molecular complexity index is 1660. The molecule has 1 heterocycles. The molecule has 176 valence electrons. The Morgan fingerprint density at radius 3 is 1.94 bits per heavy atom. The number of benzene rings is 3. The summed E-state index contributed by atoms with van der Waals surface area (Å²) in [4.78, 5) is 42.6. The molecule has 0 saturated carbocycles. The number of carbonyl (C=O) groups is 2. The third kappa shape index (κ3) is 4.64. The zero-order chi connectivity index (χ0) is 25.2. The highest BCUT2D eigenvalue weighted by molar-refractivity contribution is 7.90. The molecule has 0 saturated heterocycles. The molecule has 1 aromatic heterocycles. The number of aromatic nitrogens is 2. The molecule has 0 aliphatic rings. The Balaban J connectivity index is 2.01. The van der Waals surface area contributed by atoms with Gasteiger partial charge in [-0.15, -0.1) is 0 Å². The van der Waals surface area contributed by atoms with Crippen LogP contribution in [0.1, 0.15) is 26.3 Å². The summed E-state index contributed by atoms with van der Waals surface area (Å²) >= 11 is 0. The predicted octanol–water partition coefficient (Wildman–Crippen LogP) is 2.76. The fourth-order valence-corrected chi connectivity index (χ4v) is 4.47. The highest BCUT2D eigenvalue weighted by atomic mass is 32.2. The maximum absolute atomic E-state index is 15.3. The average Bonchev–Trinajstić information content (AvgIpc) is 2.87. The van der Waals surface area contributed by atoms with E-state index < -0.39 is 38.8 Å². The van der Waals surface area contributed by atoms with Crippen molar-refractivity contribution < 1.29 is 22.4 Å². The molecule has 35 heavy (non-hydrogen) atoms. The first-order chi connectivity index (χ1) is 16.7. The molecule has 0 aliphatic heterocycles. The molecule has 0 unspecified atom stereocenters. The van der Waals surface area contributed by atoms with Gasteiger partial charge in [0, 0.05) is 11.1 Å². The van der Waals surface area contributed by atoms with E-state index in [4.69, 9.17) is 0 Å². The Labute approximate surface area is 199 Å². The van der Waals surface area contributed by atoms with Crippen LogP contribution in [0.15, 0.2) is 106 Å². The highest BCUT2D eigenvalue weighted by Gasteiger charge is 2.25. The van der Waals surface area contributed by atoms with Gasteiger partial charge in [0.25, 0.3) is 21.8 Å². The summed E-state index contributed by atoms with van der Waals surface area (Å²) in [6.07, 6.45) is 0.406. The summed E-state index contributed by atoms with van der Waals surface area (Å²) in [5, 5.41) is 0. The molecule has 1 amide bonds. The Morgan fingerprint density at radius 2 is 1.37 bits per heavy atom. The SMILES string of the molecule is Cc1ccc(S(=O)(=O)n2cc(F)/c(=N/C(=O)c3ccccc3)n(C(=O)c3ccccc3)c2=O)cc1. The molecular formula is C25H18FN3O5S. The monoisotopic (exact) mass is 491 g/mol. The minimum atomic E-state index is -4.58. The van der Waals surface area contributed by atoms with Gasteiger partial charge in [-0.25, -0.2) is 22.2 Å². The van der Waals surface area contributed by atoms with E-state index in [1.54, 1.807) is 31.2 Å². The van der Waals surface area contributed by atoms with Gasteiger partial charge in [-0.1, -0.05) is 54.1 Å². The van der Waals surface area contributed by atoms with Gasteiger partial charge >= 0.3 is 5.69 Å². The molecule has 0 spiro atoms. The normalized spacial score (nSPS) is 11.9. The second kappa shape index (κ2) is 9.43. The minimum absolute atomic E-state index is 0.0388. The van der Waals surface area contributed by atoms with Crippen molar-refractivity contribution in [2.75, 3.05) is 0 Å². The lowest BCUT2D eigenvalue weighted by Gasteiger charge is -2.12. The van der Waals surface area contributed by atoms with E-state index in [2.05, 4.69) is 4.99 Å². The zero-order valence-electron chi connectivity index (χ0n) is 18.3. The molecule has 3 aromatic carbocycles. The Hall–Kier alpha value is -4.44. The van der Waals surface area contributed by atoms with Crippen LogP contribution < -0.4 is 11.2 Å². The molecule has 0 bridgehead atoms. The van der Waals surface area contributed by atoms with Gasteiger partial charge in [0.2, 0.25) is 0 Å². The third-order valence-electron chi connectivity index (χ3n) is 5.07. The van der Waals surface area contributed by atoms with E-state index in [1.807, 2.05) is 0 Å². The van der Waals surface area contributed by atoms with Gasteiger partial charge in [0.1, 0.15) is 0 Å². The van der Waals surface area contributed by atoms with Crippen molar-refractivity contribution in [3.05, 3.63) is 130 Å². The van der Waals surface area contributed by atoms with Crippen LogP contribution in [0.2, 0.25) is 0 Å². The third-order valence-corrected chi connectivity index (χ3v) is 6.71. The number of hydrogen-bond donors (Lipinski definition) is 0. The lowest BCUT2D eigenvalue weighted by Crippen LogP contribution is -2.47. The van der Waals surface area contributed by atoms with Crippen molar-refractivity contribution >= 4 is 21.8 Å². The van der Waals surface area contributed by atoms with Gasteiger partial charge in [0.05, 0.1) is 11.1 Å². The van der Waals surface area contributed by atoms with Crippen LogP contribution in [0, 0.1) is 12.7 Å². The van der Waals surface area contributed by atoms with E-state index in [0.717, 1.165) is 5.56 Å². The lowest BCUT2D eigenvalue weighted by molar-refractivity contribution is 0.0944. The molecular weight excluding hydrogens is 473 g/mol. The van der Waals surface area contributed by atoms with E-state index in [-0.39, 0.29) is 24.6 Å².